The van der Waals surface area contributed by atoms with Crippen LogP contribution in [0.15, 0.2) is 59.3 Å². The smallest absolute Gasteiger partial charge is 0.225 e. The van der Waals surface area contributed by atoms with E-state index in [0.717, 1.165) is 37.6 Å². The summed E-state index contributed by atoms with van der Waals surface area (Å²) in [5.74, 6) is -1.34. The van der Waals surface area contributed by atoms with Crippen molar-refractivity contribution in [2.24, 2.45) is 11.7 Å². The second-order valence-corrected chi connectivity index (χ2v) is 13.5. The van der Waals surface area contributed by atoms with E-state index in [-0.39, 0.29) is 18.6 Å². The maximum atomic E-state index is 13.6. The Morgan fingerprint density at radius 2 is 1.43 bits per heavy atom. The summed E-state index contributed by atoms with van der Waals surface area (Å²) in [5.41, 5.74) is 6.87. The van der Waals surface area contributed by atoms with Crippen LogP contribution in [0.1, 0.15) is 31.4 Å². The fourth-order valence-electron chi connectivity index (χ4n) is 4.28. The van der Waals surface area contributed by atoms with Crippen molar-refractivity contribution in [3.63, 3.8) is 0 Å². The van der Waals surface area contributed by atoms with Crippen molar-refractivity contribution in [3.05, 3.63) is 70.4 Å². The minimum absolute atomic E-state index is 0.0491. The Bertz CT molecular complexity index is 1530. The summed E-state index contributed by atoms with van der Waals surface area (Å²) in [5, 5.41) is 8.92. The van der Waals surface area contributed by atoms with Crippen LogP contribution in [0.25, 0.3) is 20.2 Å². The molecule has 0 aliphatic rings. The van der Waals surface area contributed by atoms with Gasteiger partial charge in [-0.15, -0.1) is 22.7 Å². The predicted octanol–water partition coefficient (Wildman–Crippen LogP) is 4.21. The Balaban J connectivity index is 1.61. The topological polar surface area (TPSA) is 118 Å². The number of hydrogen-bond acceptors (Lipinski definition) is 7. The number of thiophene rings is 2. The van der Waals surface area contributed by atoms with E-state index in [1.54, 1.807) is 36.5 Å². The van der Waals surface area contributed by atoms with E-state index in [0.29, 0.717) is 6.42 Å². The molecule has 0 saturated carbocycles. The molecule has 0 unspecified atom stereocenters. The number of sulfonamides is 1. The minimum atomic E-state index is -3.62. The average Bonchev–Trinajstić information content (AvgIpc) is 3.41. The molecule has 4 N–H and O–H groups in total. The summed E-state index contributed by atoms with van der Waals surface area (Å²) >= 11 is 3.15. The van der Waals surface area contributed by atoms with E-state index in [2.05, 4.69) is 10.0 Å². The van der Waals surface area contributed by atoms with Gasteiger partial charge in [-0.2, -0.15) is 4.72 Å². The molecule has 0 bridgehead atoms. The quantitative estimate of drug-likeness (QED) is 0.239. The molecule has 4 rings (SSSR count). The van der Waals surface area contributed by atoms with Gasteiger partial charge in [-0.05, 0) is 65.1 Å². The fraction of sp³-hybridized carbons (Fsp3) is 0.333. The summed E-state index contributed by atoms with van der Waals surface area (Å²) in [6.45, 7) is 3.25. The van der Waals surface area contributed by atoms with Gasteiger partial charge >= 0.3 is 0 Å². The summed E-state index contributed by atoms with van der Waals surface area (Å²) < 4.78 is 29.1. The zero-order valence-electron chi connectivity index (χ0n) is 21.0. The Morgan fingerprint density at radius 1 is 0.919 bits per heavy atom. The molecule has 2 atom stereocenters. The third-order valence-corrected chi connectivity index (χ3v) is 8.94. The molecule has 2 aromatic heterocycles. The molecule has 0 saturated heterocycles. The summed E-state index contributed by atoms with van der Waals surface area (Å²) in [6.07, 6.45) is 0.751. The molecule has 4 aromatic rings. The van der Waals surface area contributed by atoms with Gasteiger partial charge in [-0.1, -0.05) is 36.4 Å². The Hall–Kier alpha value is -2.63. The van der Waals surface area contributed by atoms with Crippen LogP contribution in [0.4, 0.5) is 0 Å². The van der Waals surface area contributed by atoms with Gasteiger partial charge in [0.2, 0.25) is 15.9 Å². The molecule has 2 heterocycles. The van der Waals surface area contributed by atoms with Gasteiger partial charge in [0, 0.05) is 28.2 Å². The molecular weight excluding hydrogens is 527 g/mol. The molecule has 0 radical (unpaired) electrons. The van der Waals surface area contributed by atoms with Gasteiger partial charge in [-0.25, -0.2) is 8.42 Å². The molecule has 10 heteroatoms. The molecule has 0 spiro atoms. The van der Waals surface area contributed by atoms with Crippen LogP contribution in [0, 0.1) is 5.92 Å². The number of hydrogen-bond donors (Lipinski definition) is 3. The minimum Gasteiger partial charge on any atom is -0.339 e. The monoisotopic (exact) mass is 557 g/mol. The molecule has 0 aliphatic carbocycles. The Morgan fingerprint density at radius 3 is 1.95 bits per heavy atom. The largest absolute Gasteiger partial charge is 0.339 e. The first-order valence-electron chi connectivity index (χ1n) is 11.9. The predicted molar refractivity (Wildman–Crippen MR) is 152 cm³/mol. The zero-order chi connectivity index (χ0) is 26.8. The number of carbonyl (C=O) groups excluding carboxylic acids is 2. The summed E-state index contributed by atoms with van der Waals surface area (Å²) in [6, 6.07) is 15.8. The highest BCUT2D eigenvalue weighted by Crippen LogP contribution is 2.30. The molecule has 0 fully saturated rings. The molecule has 7 nitrogen and oxygen atoms in total. The van der Waals surface area contributed by atoms with E-state index in [4.69, 9.17) is 5.73 Å². The van der Waals surface area contributed by atoms with E-state index in [1.165, 1.54) is 0 Å². The van der Waals surface area contributed by atoms with Gasteiger partial charge < -0.3 is 11.1 Å². The number of benzene rings is 2. The van der Waals surface area contributed by atoms with Crippen LogP contribution in [0.3, 0.4) is 0 Å². The van der Waals surface area contributed by atoms with E-state index >= 15 is 0 Å². The van der Waals surface area contributed by atoms with Gasteiger partial charge in [0.1, 0.15) is 0 Å². The van der Waals surface area contributed by atoms with Crippen molar-refractivity contribution >= 4 is 64.6 Å². The first kappa shape index (κ1) is 27.4. The van der Waals surface area contributed by atoms with Crippen LogP contribution < -0.4 is 15.8 Å². The van der Waals surface area contributed by atoms with Crippen LogP contribution in [-0.4, -0.2) is 38.1 Å². The van der Waals surface area contributed by atoms with E-state index in [9.17, 15) is 18.0 Å². The van der Waals surface area contributed by atoms with Crippen molar-refractivity contribution in [3.8, 4) is 0 Å². The van der Waals surface area contributed by atoms with Crippen molar-refractivity contribution in [1.82, 2.24) is 10.0 Å². The lowest BCUT2D eigenvalue weighted by atomic mass is 9.87. The van der Waals surface area contributed by atoms with Crippen LogP contribution in [0.2, 0.25) is 0 Å². The Kier molecular flexibility index (Phi) is 8.15. The van der Waals surface area contributed by atoms with Gasteiger partial charge in [0.05, 0.1) is 18.0 Å². The number of carbonyl (C=O) groups is 2. The molecule has 2 aromatic carbocycles. The zero-order valence-corrected chi connectivity index (χ0v) is 23.4. The van der Waals surface area contributed by atoms with Crippen molar-refractivity contribution in [2.45, 2.75) is 44.8 Å². The number of Topliss-reactive ketones (excluding diaryl/α,β-unsaturated/α-hetero) is 1. The first-order valence-corrected chi connectivity index (χ1v) is 15.6. The van der Waals surface area contributed by atoms with Gasteiger partial charge in [0.15, 0.2) is 5.78 Å². The lowest BCUT2D eigenvalue weighted by Crippen LogP contribution is -2.51. The normalized spacial score (nSPS) is 14.1. The maximum Gasteiger partial charge on any atom is 0.225 e. The lowest BCUT2D eigenvalue weighted by molar-refractivity contribution is -0.131. The summed E-state index contributed by atoms with van der Waals surface area (Å²) in [4.78, 5) is 26.5. The number of ketones is 1. The van der Waals surface area contributed by atoms with Gasteiger partial charge in [-0.3, -0.25) is 9.59 Å². The highest BCUT2D eigenvalue weighted by atomic mass is 32.2. The standard InChI is InChI=1S/C27H31N3O4S3/c1-27(2,28)24(31)13-17(12-18-15-35-22-10-6-4-8-20(18)22)26(32)29-25(30-37(3,33)34)14-19-16-36-23-11-7-5-9-21(19)23/h4-11,15-17,25,30H,12-14,28H2,1-3H3,(H,29,32)/t17-,25-/m0/s1. The highest BCUT2D eigenvalue weighted by Gasteiger charge is 2.31. The van der Waals surface area contributed by atoms with Gasteiger partial charge in [0.25, 0.3) is 0 Å². The van der Waals surface area contributed by atoms with Crippen LogP contribution in [-0.2, 0) is 32.5 Å². The van der Waals surface area contributed by atoms with Crippen molar-refractivity contribution < 1.29 is 18.0 Å². The second-order valence-electron chi connectivity index (χ2n) is 9.92. The van der Waals surface area contributed by atoms with E-state index < -0.39 is 33.6 Å². The average molecular weight is 558 g/mol. The number of rotatable bonds is 11. The lowest BCUT2D eigenvalue weighted by Gasteiger charge is -2.25. The van der Waals surface area contributed by atoms with Crippen LogP contribution in [0.5, 0.6) is 0 Å². The van der Waals surface area contributed by atoms with Crippen molar-refractivity contribution in [2.75, 3.05) is 6.26 Å². The molecule has 0 aliphatic heterocycles. The third kappa shape index (κ3) is 7.03. The fourth-order valence-corrected chi connectivity index (χ4v) is 6.89. The second kappa shape index (κ2) is 11.0. The number of nitrogens with two attached hydrogens (primary N) is 1. The number of amides is 1. The van der Waals surface area contributed by atoms with Crippen molar-refractivity contribution in [1.29, 1.82) is 0 Å². The molecule has 37 heavy (non-hydrogen) atoms. The molecule has 1 amide bonds. The van der Waals surface area contributed by atoms with Crippen LogP contribution >= 0.6 is 22.7 Å². The first-order chi connectivity index (χ1) is 17.4. The molecule has 196 valence electrons. The van der Waals surface area contributed by atoms with E-state index in [1.807, 2.05) is 59.3 Å². The third-order valence-electron chi connectivity index (χ3n) is 6.21. The highest BCUT2D eigenvalue weighted by molar-refractivity contribution is 7.88. The SMILES string of the molecule is CC(C)(N)C(=O)C[C@H](Cc1csc2ccccc12)C(=O)N[C@H](Cc1csc2ccccc12)NS(C)(=O)=O. The molecular formula is C27H31N3O4S3. The number of nitrogens with one attached hydrogen (secondary N) is 2. The summed E-state index contributed by atoms with van der Waals surface area (Å²) in [7, 11) is -3.62. The Labute approximate surface area is 225 Å². The maximum absolute atomic E-state index is 13.6. The number of fused-ring (bicyclic) bond motifs is 2.